The Hall–Kier alpha value is -2.92. The van der Waals surface area contributed by atoms with Crippen molar-refractivity contribution in [1.82, 2.24) is 4.83 Å². The van der Waals surface area contributed by atoms with Crippen LogP contribution in [0.2, 0.25) is 0 Å². The summed E-state index contributed by atoms with van der Waals surface area (Å²) in [7, 11) is -3.67. The molecule has 0 aromatic heterocycles. The molecule has 6 rings (SSSR count). The van der Waals surface area contributed by atoms with Gasteiger partial charge in [0.05, 0.1) is 4.90 Å². The molecule has 0 aliphatic heterocycles. The number of hydrazone groups is 1. The maximum Gasteiger partial charge on any atom is 0.276 e. The van der Waals surface area contributed by atoms with Crippen molar-refractivity contribution < 1.29 is 8.42 Å². The van der Waals surface area contributed by atoms with E-state index in [0.717, 1.165) is 5.56 Å². The first-order valence-corrected chi connectivity index (χ1v) is 11.3. The number of aryl methyl sites for hydroxylation is 1. The van der Waals surface area contributed by atoms with Crippen LogP contribution in [-0.4, -0.2) is 14.6 Å². The van der Waals surface area contributed by atoms with E-state index in [9.17, 15) is 8.42 Å². The van der Waals surface area contributed by atoms with E-state index in [1.54, 1.807) is 24.3 Å². The van der Waals surface area contributed by atoms with Gasteiger partial charge >= 0.3 is 0 Å². The second kappa shape index (κ2) is 5.57. The average Bonchev–Trinajstić information content (AvgIpc) is 3.21. The van der Waals surface area contributed by atoms with Gasteiger partial charge in [-0.15, -0.1) is 0 Å². The molecule has 29 heavy (non-hydrogen) atoms. The van der Waals surface area contributed by atoms with Crippen LogP contribution in [0.1, 0.15) is 45.6 Å². The predicted octanol–water partition coefficient (Wildman–Crippen LogP) is 4.29. The summed E-state index contributed by atoms with van der Waals surface area (Å²) in [5.74, 6) is 1.01. The molecule has 0 saturated heterocycles. The second-order valence-electron chi connectivity index (χ2n) is 8.31. The van der Waals surface area contributed by atoms with Crippen molar-refractivity contribution in [1.29, 1.82) is 0 Å². The highest BCUT2D eigenvalue weighted by Gasteiger charge is 2.77. The zero-order chi connectivity index (χ0) is 19.8. The molecule has 0 spiro atoms. The van der Waals surface area contributed by atoms with Gasteiger partial charge in [-0.25, -0.2) is 4.83 Å². The summed E-state index contributed by atoms with van der Waals surface area (Å²) < 4.78 is 25.3. The number of hydrogen-bond acceptors (Lipinski definition) is 3. The minimum absolute atomic E-state index is 0.150. The van der Waals surface area contributed by atoms with Crippen LogP contribution in [0.25, 0.3) is 0 Å². The number of nitrogens with zero attached hydrogens (tertiary/aromatic N) is 1. The fraction of sp³-hybridized carbons (Fsp3) is 0.208. The maximum atomic E-state index is 12.6. The third-order valence-corrected chi connectivity index (χ3v) is 8.12. The van der Waals surface area contributed by atoms with Gasteiger partial charge in [0.2, 0.25) is 0 Å². The van der Waals surface area contributed by atoms with Crippen molar-refractivity contribution in [2.45, 2.75) is 29.6 Å². The molecule has 1 fully saturated rings. The fourth-order valence-corrected chi connectivity index (χ4v) is 6.51. The lowest BCUT2D eigenvalue weighted by Crippen LogP contribution is -2.21. The number of benzene rings is 3. The highest BCUT2D eigenvalue weighted by molar-refractivity contribution is 7.89. The minimum atomic E-state index is -3.67. The van der Waals surface area contributed by atoms with Crippen molar-refractivity contribution in [2.24, 2.45) is 10.5 Å². The molecule has 0 amide bonds. The Balaban J connectivity index is 1.36. The Morgan fingerprint density at radius 1 is 0.828 bits per heavy atom. The molecular formula is C24H20N2O2S. The molecule has 4 nitrogen and oxygen atoms in total. The maximum absolute atomic E-state index is 12.6. The molecule has 1 saturated carbocycles. The normalized spacial score (nSPS) is 28.1. The number of sulfonamides is 1. The van der Waals surface area contributed by atoms with Crippen LogP contribution in [0.4, 0.5) is 0 Å². The highest BCUT2D eigenvalue weighted by Crippen LogP contribution is 2.85. The largest absolute Gasteiger partial charge is 0.276 e. The van der Waals surface area contributed by atoms with Crippen molar-refractivity contribution in [3.05, 3.63) is 101 Å². The monoisotopic (exact) mass is 400 g/mol. The quantitative estimate of drug-likeness (QED) is 0.525. The van der Waals surface area contributed by atoms with Crippen molar-refractivity contribution in [3.63, 3.8) is 0 Å². The number of fused-ring (bicyclic) bond motifs is 7. The molecule has 0 bridgehead atoms. The summed E-state index contributed by atoms with van der Waals surface area (Å²) in [6.45, 7) is 1.93. The van der Waals surface area contributed by atoms with Crippen LogP contribution >= 0.6 is 0 Å². The SMILES string of the molecule is Cc1ccc(S(=O)(=O)N/N=C\C23C4c5ccccc5[C@H]2[C@@H]3c2ccccc24)cc1. The lowest BCUT2D eigenvalue weighted by molar-refractivity contribution is 0.582. The molecule has 5 heteroatoms. The van der Waals surface area contributed by atoms with Crippen LogP contribution in [0.5, 0.6) is 0 Å². The lowest BCUT2D eigenvalue weighted by Gasteiger charge is -2.17. The summed E-state index contributed by atoms with van der Waals surface area (Å²) in [4.78, 5) is 2.67. The molecule has 3 aliphatic carbocycles. The van der Waals surface area contributed by atoms with Crippen molar-refractivity contribution in [2.75, 3.05) is 0 Å². The molecule has 144 valence electrons. The first-order chi connectivity index (χ1) is 14.0. The van der Waals surface area contributed by atoms with Gasteiger partial charge in [-0.3, -0.25) is 0 Å². The summed E-state index contributed by atoms with van der Waals surface area (Å²) in [6.07, 6.45) is 1.87. The molecule has 0 radical (unpaired) electrons. The number of nitrogens with one attached hydrogen (secondary N) is 1. The first kappa shape index (κ1) is 17.0. The van der Waals surface area contributed by atoms with Gasteiger partial charge in [0.25, 0.3) is 10.0 Å². The zero-order valence-electron chi connectivity index (χ0n) is 15.9. The van der Waals surface area contributed by atoms with E-state index in [-0.39, 0.29) is 16.2 Å². The Morgan fingerprint density at radius 2 is 1.34 bits per heavy atom. The van der Waals surface area contributed by atoms with E-state index in [0.29, 0.717) is 11.8 Å². The van der Waals surface area contributed by atoms with Gasteiger partial charge in [0.15, 0.2) is 0 Å². The molecule has 3 aromatic carbocycles. The molecule has 3 aromatic rings. The van der Waals surface area contributed by atoms with E-state index >= 15 is 0 Å². The van der Waals surface area contributed by atoms with Crippen LogP contribution < -0.4 is 4.83 Å². The minimum Gasteiger partial charge on any atom is -0.200 e. The fourth-order valence-electron chi connectivity index (χ4n) is 5.72. The van der Waals surface area contributed by atoms with E-state index in [1.165, 1.54) is 22.3 Å². The van der Waals surface area contributed by atoms with Gasteiger partial charge in [-0.05, 0) is 41.3 Å². The summed E-state index contributed by atoms with van der Waals surface area (Å²) >= 11 is 0. The predicted molar refractivity (Wildman–Crippen MR) is 113 cm³/mol. The van der Waals surface area contributed by atoms with Gasteiger partial charge < -0.3 is 0 Å². The van der Waals surface area contributed by atoms with Gasteiger partial charge in [-0.2, -0.15) is 13.5 Å². The van der Waals surface area contributed by atoms with Crippen molar-refractivity contribution in [3.8, 4) is 0 Å². The van der Waals surface area contributed by atoms with E-state index in [4.69, 9.17) is 0 Å². The van der Waals surface area contributed by atoms with E-state index in [1.807, 2.05) is 13.1 Å². The van der Waals surface area contributed by atoms with Crippen LogP contribution in [-0.2, 0) is 10.0 Å². The standard InChI is InChI=1S/C24H20N2O2S/c1-15-10-12-16(13-11-15)29(27,28)26-25-14-24-21-17-6-2-4-8-19(17)22(24)23(24)20-9-5-3-7-18(20)21/h2-14,21-23,26H,1H3/b25-14-/t21?,22-,23-,24?/m0/s1. The van der Waals surface area contributed by atoms with Gasteiger partial charge in [0.1, 0.15) is 0 Å². The highest BCUT2D eigenvalue weighted by atomic mass is 32.2. The first-order valence-electron chi connectivity index (χ1n) is 9.84. The summed E-state index contributed by atoms with van der Waals surface area (Å²) in [6, 6.07) is 24.0. The molecule has 3 aliphatic rings. The zero-order valence-corrected chi connectivity index (χ0v) is 16.7. The Kier molecular flexibility index (Phi) is 3.26. The molecule has 0 heterocycles. The molecule has 2 atom stereocenters. The number of rotatable bonds is 4. The molecular weight excluding hydrogens is 380 g/mol. The van der Waals surface area contributed by atoms with Gasteiger partial charge in [-0.1, -0.05) is 66.2 Å². The summed E-state index contributed by atoms with van der Waals surface area (Å²) in [5, 5.41) is 4.28. The van der Waals surface area contributed by atoms with E-state index in [2.05, 4.69) is 58.5 Å². The van der Waals surface area contributed by atoms with Gasteiger partial charge in [0, 0.05) is 29.4 Å². The van der Waals surface area contributed by atoms with Crippen molar-refractivity contribution >= 4 is 16.2 Å². The second-order valence-corrected chi connectivity index (χ2v) is 9.97. The summed E-state index contributed by atoms with van der Waals surface area (Å²) in [5.41, 5.74) is 6.34. The van der Waals surface area contributed by atoms with Crippen LogP contribution in [0.3, 0.4) is 0 Å². The van der Waals surface area contributed by atoms with Crippen LogP contribution in [0.15, 0.2) is 82.8 Å². The molecule has 1 N–H and O–H groups in total. The third-order valence-electron chi connectivity index (χ3n) is 6.88. The van der Waals surface area contributed by atoms with Crippen LogP contribution in [0, 0.1) is 12.3 Å². The Labute approximate surface area is 170 Å². The lowest BCUT2D eigenvalue weighted by atomic mass is 9.86. The Morgan fingerprint density at radius 3 is 1.90 bits per heavy atom. The average molecular weight is 401 g/mol. The molecule has 0 unspecified atom stereocenters. The van der Waals surface area contributed by atoms with E-state index < -0.39 is 10.0 Å². The smallest absolute Gasteiger partial charge is 0.200 e. The topological polar surface area (TPSA) is 58.5 Å². The Bertz CT molecular complexity index is 1220. The third kappa shape index (κ3) is 2.14. The number of hydrogen-bond donors (Lipinski definition) is 1.